The van der Waals surface area contributed by atoms with Crippen molar-refractivity contribution in [2.24, 2.45) is 0 Å². The van der Waals surface area contributed by atoms with Crippen molar-refractivity contribution in [3.05, 3.63) is 29.8 Å². The van der Waals surface area contributed by atoms with Crippen LogP contribution in [0, 0.1) is 6.92 Å². The van der Waals surface area contributed by atoms with E-state index in [1.165, 1.54) is 6.07 Å². The molecule has 21 heavy (non-hydrogen) atoms. The quantitative estimate of drug-likeness (QED) is 0.379. The number of hydrogen-bond acceptors (Lipinski definition) is 7. The van der Waals surface area contributed by atoms with Gasteiger partial charge in [-0.2, -0.15) is 0 Å². The molecule has 0 fully saturated rings. The highest BCUT2D eigenvalue weighted by atomic mass is 32.2. The summed E-state index contributed by atoms with van der Waals surface area (Å²) in [7, 11) is 0. The van der Waals surface area contributed by atoms with Gasteiger partial charge in [-0.15, -0.1) is 0 Å². The van der Waals surface area contributed by atoms with Crippen LogP contribution in [0.4, 0.5) is 23.0 Å². The molecule has 7 N–H and O–H groups in total. The molecule has 1 amide bonds. The molecule has 2 aromatic rings. The van der Waals surface area contributed by atoms with E-state index in [-0.39, 0.29) is 23.3 Å². The number of nitrogen functional groups attached to an aromatic ring is 3. The van der Waals surface area contributed by atoms with Gasteiger partial charge < -0.3 is 22.5 Å². The van der Waals surface area contributed by atoms with Crippen LogP contribution in [0.1, 0.15) is 5.56 Å². The molecule has 0 bridgehead atoms. The molecule has 0 aliphatic carbocycles. The van der Waals surface area contributed by atoms with E-state index < -0.39 is 0 Å². The second-order valence-corrected chi connectivity index (χ2v) is 5.35. The minimum Gasteiger partial charge on any atom is -0.399 e. The molecule has 0 atom stereocenters. The monoisotopic (exact) mass is 304 g/mol. The molecule has 110 valence electrons. The first kappa shape index (κ1) is 14.9. The molecule has 1 heterocycles. The smallest absolute Gasteiger partial charge is 0.234 e. The van der Waals surface area contributed by atoms with E-state index in [0.29, 0.717) is 16.5 Å². The van der Waals surface area contributed by atoms with Crippen molar-refractivity contribution in [2.75, 3.05) is 28.3 Å². The standard InChI is InChI=1S/C13H16N6OS/c1-7-2-3-8(14)4-9(7)17-12(20)6-21-13-18-10(15)5-11(16)19-13/h2-5H,6,14H2,1H3,(H,17,20)(H4,15,16,18,19). The molecule has 0 saturated carbocycles. The molecule has 0 aliphatic rings. The van der Waals surface area contributed by atoms with Crippen LogP contribution in [0.25, 0.3) is 0 Å². The van der Waals surface area contributed by atoms with Gasteiger partial charge in [-0.3, -0.25) is 4.79 Å². The average Bonchev–Trinajstić information content (AvgIpc) is 2.40. The van der Waals surface area contributed by atoms with Gasteiger partial charge in [0.25, 0.3) is 0 Å². The molecular formula is C13H16N6OS. The number of aromatic nitrogens is 2. The van der Waals surface area contributed by atoms with E-state index in [1.54, 1.807) is 12.1 Å². The third kappa shape index (κ3) is 4.25. The summed E-state index contributed by atoms with van der Waals surface area (Å²) in [5, 5.41) is 3.16. The summed E-state index contributed by atoms with van der Waals surface area (Å²) in [5.41, 5.74) is 19.0. The van der Waals surface area contributed by atoms with Crippen molar-refractivity contribution in [1.82, 2.24) is 9.97 Å². The molecule has 1 aromatic carbocycles. The number of benzene rings is 1. The Morgan fingerprint density at radius 2 is 1.86 bits per heavy atom. The third-order valence-electron chi connectivity index (χ3n) is 2.61. The maximum Gasteiger partial charge on any atom is 0.234 e. The Morgan fingerprint density at radius 1 is 1.19 bits per heavy atom. The van der Waals surface area contributed by atoms with Crippen molar-refractivity contribution in [3.8, 4) is 0 Å². The van der Waals surface area contributed by atoms with E-state index in [9.17, 15) is 4.79 Å². The molecule has 0 unspecified atom stereocenters. The summed E-state index contributed by atoms with van der Waals surface area (Å²) in [5.74, 6) is 0.518. The summed E-state index contributed by atoms with van der Waals surface area (Å²) in [6, 6.07) is 6.80. The Morgan fingerprint density at radius 3 is 2.52 bits per heavy atom. The minimum atomic E-state index is -0.182. The maximum atomic E-state index is 11.9. The van der Waals surface area contributed by atoms with Crippen LogP contribution in [-0.2, 0) is 4.79 Å². The molecule has 8 heteroatoms. The number of nitrogens with zero attached hydrogens (tertiary/aromatic N) is 2. The predicted octanol–water partition coefficient (Wildman–Crippen LogP) is 1.26. The van der Waals surface area contributed by atoms with E-state index in [1.807, 2.05) is 13.0 Å². The largest absolute Gasteiger partial charge is 0.399 e. The van der Waals surface area contributed by atoms with Gasteiger partial charge in [-0.1, -0.05) is 17.8 Å². The first-order chi connectivity index (χ1) is 9.94. The summed E-state index contributed by atoms with van der Waals surface area (Å²) < 4.78 is 0. The number of thioether (sulfide) groups is 1. The predicted molar refractivity (Wildman–Crippen MR) is 85.8 cm³/mol. The zero-order valence-electron chi connectivity index (χ0n) is 11.5. The minimum absolute atomic E-state index is 0.150. The number of amides is 1. The fourth-order valence-electron chi connectivity index (χ4n) is 1.62. The third-order valence-corrected chi connectivity index (χ3v) is 3.46. The lowest BCUT2D eigenvalue weighted by atomic mass is 10.2. The second kappa shape index (κ2) is 6.31. The fraction of sp³-hybridized carbons (Fsp3) is 0.154. The van der Waals surface area contributed by atoms with Crippen molar-refractivity contribution in [1.29, 1.82) is 0 Å². The summed E-state index contributed by atoms with van der Waals surface area (Å²) in [6.07, 6.45) is 0. The van der Waals surface area contributed by atoms with Gasteiger partial charge in [-0.05, 0) is 24.6 Å². The zero-order valence-corrected chi connectivity index (χ0v) is 12.3. The van der Waals surface area contributed by atoms with Crippen LogP contribution < -0.4 is 22.5 Å². The number of aryl methyl sites for hydroxylation is 1. The van der Waals surface area contributed by atoms with Crippen LogP contribution in [0.3, 0.4) is 0 Å². The van der Waals surface area contributed by atoms with E-state index in [2.05, 4.69) is 15.3 Å². The summed E-state index contributed by atoms with van der Waals surface area (Å²) in [4.78, 5) is 19.9. The number of anilines is 4. The summed E-state index contributed by atoms with van der Waals surface area (Å²) in [6.45, 7) is 1.89. The van der Waals surface area contributed by atoms with Crippen LogP contribution in [0.15, 0.2) is 29.4 Å². The second-order valence-electron chi connectivity index (χ2n) is 4.41. The molecule has 0 saturated heterocycles. The maximum absolute atomic E-state index is 11.9. The van der Waals surface area contributed by atoms with Crippen molar-refractivity contribution >= 4 is 40.7 Å². The van der Waals surface area contributed by atoms with Crippen LogP contribution in [0.5, 0.6) is 0 Å². The van der Waals surface area contributed by atoms with Crippen LogP contribution >= 0.6 is 11.8 Å². The highest BCUT2D eigenvalue weighted by Gasteiger charge is 2.08. The van der Waals surface area contributed by atoms with E-state index in [4.69, 9.17) is 17.2 Å². The number of nitrogens with one attached hydrogen (secondary N) is 1. The highest BCUT2D eigenvalue weighted by molar-refractivity contribution is 7.99. The Labute approximate surface area is 126 Å². The van der Waals surface area contributed by atoms with Crippen molar-refractivity contribution < 1.29 is 4.79 Å². The Bertz CT molecular complexity index is 655. The number of carbonyl (C=O) groups is 1. The van der Waals surface area contributed by atoms with E-state index >= 15 is 0 Å². The van der Waals surface area contributed by atoms with Gasteiger partial charge in [0.05, 0.1) is 5.75 Å². The molecule has 1 aromatic heterocycles. The van der Waals surface area contributed by atoms with Gasteiger partial charge in [0.15, 0.2) is 5.16 Å². The molecule has 2 rings (SSSR count). The van der Waals surface area contributed by atoms with Crippen LogP contribution in [-0.4, -0.2) is 21.6 Å². The topological polar surface area (TPSA) is 133 Å². The zero-order chi connectivity index (χ0) is 15.4. The lowest BCUT2D eigenvalue weighted by molar-refractivity contribution is -0.113. The highest BCUT2D eigenvalue weighted by Crippen LogP contribution is 2.20. The SMILES string of the molecule is Cc1ccc(N)cc1NC(=O)CSc1nc(N)cc(N)n1. The van der Waals surface area contributed by atoms with Crippen molar-refractivity contribution in [3.63, 3.8) is 0 Å². The molecule has 0 radical (unpaired) electrons. The lowest BCUT2D eigenvalue weighted by Crippen LogP contribution is -2.15. The number of hydrogen-bond donors (Lipinski definition) is 4. The lowest BCUT2D eigenvalue weighted by Gasteiger charge is -2.09. The normalized spacial score (nSPS) is 10.3. The van der Waals surface area contributed by atoms with Gasteiger partial charge in [0, 0.05) is 17.4 Å². The number of rotatable bonds is 4. The van der Waals surface area contributed by atoms with Gasteiger partial charge in [0.2, 0.25) is 5.91 Å². The first-order valence-electron chi connectivity index (χ1n) is 6.13. The summed E-state index contributed by atoms with van der Waals surface area (Å²) >= 11 is 1.16. The van der Waals surface area contributed by atoms with Crippen LogP contribution in [0.2, 0.25) is 0 Å². The molecular weight excluding hydrogens is 288 g/mol. The Balaban J connectivity index is 1.97. The Hall–Kier alpha value is -2.48. The van der Waals surface area contributed by atoms with Gasteiger partial charge >= 0.3 is 0 Å². The van der Waals surface area contributed by atoms with Gasteiger partial charge in [0.1, 0.15) is 11.6 Å². The first-order valence-corrected chi connectivity index (χ1v) is 7.11. The molecule has 0 spiro atoms. The van der Waals surface area contributed by atoms with Crippen molar-refractivity contribution in [2.45, 2.75) is 12.1 Å². The number of nitrogens with two attached hydrogens (primary N) is 3. The number of carbonyl (C=O) groups excluding carboxylic acids is 1. The molecule has 7 nitrogen and oxygen atoms in total. The average molecular weight is 304 g/mol. The Kier molecular flexibility index (Phi) is 4.49. The molecule has 0 aliphatic heterocycles. The van der Waals surface area contributed by atoms with E-state index in [0.717, 1.165) is 17.3 Å². The fourth-order valence-corrected chi connectivity index (χ4v) is 2.29. The van der Waals surface area contributed by atoms with Gasteiger partial charge in [-0.25, -0.2) is 9.97 Å².